The van der Waals surface area contributed by atoms with Crippen molar-refractivity contribution in [3.05, 3.63) is 33.1 Å². The maximum atomic E-state index is 12.2. The van der Waals surface area contributed by atoms with Crippen molar-refractivity contribution in [2.75, 3.05) is 13.7 Å². The third kappa shape index (κ3) is 4.16. The van der Waals surface area contributed by atoms with Crippen molar-refractivity contribution in [1.29, 1.82) is 0 Å². The first-order valence-corrected chi connectivity index (χ1v) is 11.4. The van der Waals surface area contributed by atoms with E-state index in [0.717, 1.165) is 0 Å². The Labute approximate surface area is 153 Å². The van der Waals surface area contributed by atoms with Crippen LogP contribution in [0.3, 0.4) is 0 Å². The van der Waals surface area contributed by atoms with E-state index in [-0.39, 0.29) is 11.6 Å². The lowest BCUT2D eigenvalue weighted by molar-refractivity contribution is -0.0724. The second-order valence-corrected chi connectivity index (χ2v) is 12.7. The van der Waals surface area contributed by atoms with Gasteiger partial charge in [-0.3, -0.25) is 14.3 Å². The van der Waals surface area contributed by atoms with Gasteiger partial charge in [-0.05, 0) is 18.1 Å². The Morgan fingerprint density at radius 3 is 2.46 bits per heavy atom. The molecule has 1 fully saturated rings. The summed E-state index contributed by atoms with van der Waals surface area (Å²) in [5, 5.41) is -0.0215. The molecule has 2 heterocycles. The molecule has 0 spiro atoms. The number of rotatable bonds is 6. The third-order valence-corrected chi connectivity index (χ3v) is 9.65. The Morgan fingerprint density at radius 1 is 1.31 bits per heavy atom. The van der Waals surface area contributed by atoms with Crippen molar-refractivity contribution in [3.8, 4) is 0 Å². The summed E-state index contributed by atoms with van der Waals surface area (Å²) in [5.74, 6) is 5.26. The lowest BCUT2D eigenvalue weighted by Gasteiger charge is -2.40. The van der Waals surface area contributed by atoms with Crippen LogP contribution in [0.25, 0.3) is 0 Å². The molecule has 0 bridgehead atoms. The largest absolute Gasteiger partial charge is 0.408 e. The van der Waals surface area contributed by atoms with E-state index < -0.39 is 44.1 Å². The van der Waals surface area contributed by atoms with Crippen LogP contribution in [0.4, 0.5) is 0 Å². The van der Waals surface area contributed by atoms with Gasteiger partial charge in [0.15, 0.2) is 14.5 Å². The SMILES string of the molecule is CO[C@H]1C(O[Si](C)(C)C(C)(C)C)[C@@H](CON)O[C@H]1n1ccc(=O)[nH]c1=O. The van der Waals surface area contributed by atoms with E-state index in [0.29, 0.717) is 0 Å². The average Bonchev–Trinajstić information content (AvgIpc) is 2.83. The van der Waals surface area contributed by atoms with Crippen LogP contribution >= 0.6 is 0 Å². The Kier molecular flexibility index (Phi) is 6.26. The molecule has 1 aliphatic rings. The van der Waals surface area contributed by atoms with Gasteiger partial charge in [-0.25, -0.2) is 10.7 Å². The Balaban J connectivity index is 2.39. The Hall–Kier alpha value is -1.30. The van der Waals surface area contributed by atoms with Crippen LogP contribution in [0, 0.1) is 0 Å². The Morgan fingerprint density at radius 2 is 1.96 bits per heavy atom. The Bertz CT molecular complexity index is 726. The number of nitrogens with one attached hydrogen (secondary N) is 1. The molecule has 1 aromatic rings. The normalized spacial score (nSPS) is 27.0. The van der Waals surface area contributed by atoms with Gasteiger partial charge < -0.3 is 18.7 Å². The summed E-state index contributed by atoms with van der Waals surface area (Å²) in [7, 11) is -0.620. The van der Waals surface area contributed by atoms with Gasteiger partial charge in [0.1, 0.15) is 18.3 Å². The van der Waals surface area contributed by atoms with Gasteiger partial charge in [0, 0.05) is 19.4 Å². The summed E-state index contributed by atoms with van der Waals surface area (Å²) in [6.07, 6.45) is -0.921. The maximum Gasteiger partial charge on any atom is 0.330 e. The fourth-order valence-corrected chi connectivity index (χ4v) is 4.02. The molecule has 0 radical (unpaired) electrons. The molecule has 0 saturated carbocycles. The molecule has 1 aliphatic heterocycles. The van der Waals surface area contributed by atoms with Crippen LogP contribution in [0.1, 0.15) is 27.0 Å². The summed E-state index contributed by atoms with van der Waals surface area (Å²) < 4.78 is 19.4. The van der Waals surface area contributed by atoms with E-state index in [1.54, 1.807) is 0 Å². The zero-order chi connectivity index (χ0) is 19.7. The lowest BCUT2D eigenvalue weighted by atomic mass is 10.1. The van der Waals surface area contributed by atoms with Crippen molar-refractivity contribution in [2.24, 2.45) is 5.90 Å². The fourth-order valence-electron chi connectivity index (χ4n) is 2.70. The number of nitrogens with two attached hydrogens (primary N) is 1. The molecule has 26 heavy (non-hydrogen) atoms. The first-order valence-electron chi connectivity index (χ1n) is 8.51. The van der Waals surface area contributed by atoms with Gasteiger partial charge in [-0.1, -0.05) is 20.8 Å². The third-order valence-electron chi connectivity index (χ3n) is 5.18. The number of ether oxygens (including phenoxy) is 2. The van der Waals surface area contributed by atoms with Crippen LogP contribution < -0.4 is 17.1 Å². The van der Waals surface area contributed by atoms with Crippen LogP contribution in [0.15, 0.2) is 21.9 Å². The first kappa shape index (κ1) is 21.0. The number of methoxy groups -OCH3 is 1. The van der Waals surface area contributed by atoms with Crippen LogP contribution in [-0.2, 0) is 18.7 Å². The quantitative estimate of drug-likeness (QED) is 0.546. The highest BCUT2D eigenvalue weighted by molar-refractivity contribution is 6.74. The number of H-pyrrole nitrogens is 1. The van der Waals surface area contributed by atoms with E-state index in [9.17, 15) is 9.59 Å². The van der Waals surface area contributed by atoms with Crippen LogP contribution in [-0.4, -0.2) is 49.9 Å². The summed E-state index contributed by atoms with van der Waals surface area (Å²) in [5.41, 5.74) is -1.06. The maximum absolute atomic E-state index is 12.2. The molecule has 2 rings (SSSR count). The van der Waals surface area contributed by atoms with Gasteiger partial charge in [0.05, 0.1) is 6.61 Å². The number of nitrogens with zero attached hydrogens (tertiary/aromatic N) is 1. The molecule has 0 amide bonds. The number of hydrogen-bond donors (Lipinski definition) is 2. The van der Waals surface area contributed by atoms with E-state index in [2.05, 4.69) is 38.8 Å². The first-order chi connectivity index (χ1) is 12.0. The van der Waals surface area contributed by atoms with Gasteiger partial charge in [0.25, 0.3) is 5.56 Å². The number of aromatic amines is 1. The van der Waals surface area contributed by atoms with Crippen LogP contribution in [0.2, 0.25) is 18.1 Å². The zero-order valence-corrected chi connectivity index (χ0v) is 17.1. The minimum absolute atomic E-state index is 0.0215. The van der Waals surface area contributed by atoms with E-state index in [1.807, 2.05) is 0 Å². The van der Waals surface area contributed by atoms with E-state index in [1.165, 1.54) is 23.9 Å². The minimum Gasteiger partial charge on any atom is -0.408 e. The molecule has 3 N–H and O–H groups in total. The van der Waals surface area contributed by atoms with Crippen molar-refractivity contribution >= 4 is 8.32 Å². The summed E-state index contributed by atoms with van der Waals surface area (Å²) >= 11 is 0. The lowest BCUT2D eigenvalue weighted by Crippen LogP contribution is -2.50. The highest BCUT2D eigenvalue weighted by Gasteiger charge is 2.51. The van der Waals surface area contributed by atoms with Crippen LogP contribution in [0.5, 0.6) is 0 Å². The van der Waals surface area contributed by atoms with Crippen molar-refractivity contribution in [2.45, 2.75) is 63.4 Å². The van der Waals surface area contributed by atoms with E-state index in [4.69, 9.17) is 24.6 Å². The summed E-state index contributed by atoms with van der Waals surface area (Å²) in [6.45, 7) is 10.7. The topological polar surface area (TPSA) is 118 Å². The fraction of sp³-hybridized carbons (Fsp3) is 0.750. The van der Waals surface area contributed by atoms with Crippen molar-refractivity contribution in [3.63, 3.8) is 0 Å². The summed E-state index contributed by atoms with van der Waals surface area (Å²) in [6, 6.07) is 1.26. The predicted octanol–water partition coefficient (Wildman–Crippen LogP) is 0.730. The molecule has 1 aromatic heterocycles. The van der Waals surface area contributed by atoms with E-state index >= 15 is 0 Å². The van der Waals surface area contributed by atoms with Gasteiger partial charge in [-0.2, -0.15) is 0 Å². The molecule has 4 atom stereocenters. The molecule has 1 unspecified atom stereocenters. The molecule has 9 nitrogen and oxygen atoms in total. The number of hydrogen-bond acceptors (Lipinski definition) is 7. The molecule has 0 aromatic carbocycles. The second-order valence-electron chi connectivity index (χ2n) is 7.96. The summed E-state index contributed by atoms with van der Waals surface area (Å²) in [4.78, 5) is 30.5. The predicted molar refractivity (Wildman–Crippen MR) is 98.2 cm³/mol. The van der Waals surface area contributed by atoms with Crippen molar-refractivity contribution < 1.29 is 18.7 Å². The van der Waals surface area contributed by atoms with Gasteiger partial charge >= 0.3 is 5.69 Å². The van der Waals surface area contributed by atoms with Gasteiger partial charge in [0.2, 0.25) is 0 Å². The average molecular weight is 388 g/mol. The van der Waals surface area contributed by atoms with Crippen molar-refractivity contribution in [1.82, 2.24) is 9.55 Å². The molecular formula is C16H29N3O6Si. The monoisotopic (exact) mass is 387 g/mol. The molecular weight excluding hydrogens is 358 g/mol. The molecule has 1 saturated heterocycles. The zero-order valence-electron chi connectivity index (χ0n) is 16.1. The highest BCUT2D eigenvalue weighted by atomic mass is 28.4. The number of aromatic nitrogens is 2. The molecule has 148 valence electrons. The highest BCUT2D eigenvalue weighted by Crippen LogP contribution is 2.41. The minimum atomic E-state index is -2.15. The standard InChI is InChI=1S/C16H29N3O6Si/c1-16(2,3)26(5,6)25-12-10(9-23-17)24-14(13(12)22-4)19-8-7-11(20)18-15(19)21/h7-8,10,12-14H,9,17H2,1-6H3,(H,18,20,21)/t10-,12?,13+,14-/m1/s1. The van der Waals surface area contributed by atoms with Gasteiger partial charge in [-0.15, -0.1) is 0 Å². The molecule has 0 aliphatic carbocycles. The second kappa shape index (κ2) is 7.75. The smallest absolute Gasteiger partial charge is 0.330 e. The molecule has 10 heteroatoms.